The maximum atomic E-state index is 11.7. The number of benzene rings is 2. The van der Waals surface area contributed by atoms with Gasteiger partial charge in [-0.3, -0.25) is 0 Å². The second kappa shape index (κ2) is 5.97. The molecule has 2 aromatic rings. The Labute approximate surface area is 123 Å². The SMILES string of the molecule is COC(=O)c1cccc(N(C)c2ccccc2C#N)c1N. The third-order valence-corrected chi connectivity index (χ3v) is 3.24. The van der Waals surface area contributed by atoms with Crippen LogP contribution in [-0.2, 0) is 4.74 Å². The van der Waals surface area contributed by atoms with Crippen LogP contribution < -0.4 is 10.6 Å². The van der Waals surface area contributed by atoms with Crippen LogP contribution in [0.1, 0.15) is 15.9 Å². The molecule has 106 valence electrons. The van der Waals surface area contributed by atoms with Gasteiger partial charge in [-0.25, -0.2) is 4.79 Å². The maximum absolute atomic E-state index is 11.7. The monoisotopic (exact) mass is 281 g/mol. The van der Waals surface area contributed by atoms with Gasteiger partial charge < -0.3 is 15.4 Å². The molecule has 0 heterocycles. The Morgan fingerprint density at radius 3 is 2.52 bits per heavy atom. The molecule has 21 heavy (non-hydrogen) atoms. The van der Waals surface area contributed by atoms with Crippen molar-refractivity contribution in [2.45, 2.75) is 0 Å². The number of nitrogen functional groups attached to an aromatic ring is 1. The highest BCUT2D eigenvalue weighted by Crippen LogP contribution is 2.33. The standard InChI is InChI=1S/C16H15N3O2/c1-19(13-8-4-3-6-11(13)10-17)14-9-5-7-12(15(14)18)16(20)21-2/h3-9H,18H2,1-2H3. The number of rotatable bonds is 3. The Bertz CT molecular complexity index is 720. The fourth-order valence-corrected chi connectivity index (χ4v) is 2.12. The van der Waals surface area contributed by atoms with E-state index in [2.05, 4.69) is 6.07 Å². The molecular formula is C16H15N3O2. The minimum absolute atomic E-state index is 0.302. The zero-order chi connectivity index (χ0) is 15.4. The summed E-state index contributed by atoms with van der Waals surface area (Å²) in [5.41, 5.74) is 8.57. The molecule has 5 nitrogen and oxygen atoms in total. The second-order valence-electron chi connectivity index (χ2n) is 4.42. The van der Waals surface area contributed by atoms with Crippen LogP contribution in [0.4, 0.5) is 17.1 Å². The molecule has 0 atom stereocenters. The number of ether oxygens (including phenoxy) is 1. The molecule has 0 aromatic heterocycles. The molecule has 0 unspecified atom stereocenters. The predicted octanol–water partition coefficient (Wildman–Crippen LogP) is 2.69. The predicted molar refractivity (Wildman–Crippen MR) is 81.4 cm³/mol. The molecular weight excluding hydrogens is 266 g/mol. The first-order chi connectivity index (χ1) is 10.1. The first-order valence-corrected chi connectivity index (χ1v) is 6.29. The molecule has 0 radical (unpaired) electrons. The molecule has 0 spiro atoms. The number of anilines is 3. The van der Waals surface area contributed by atoms with Crippen LogP contribution in [0.25, 0.3) is 0 Å². The van der Waals surface area contributed by atoms with Crippen LogP contribution in [0.5, 0.6) is 0 Å². The Balaban J connectivity index is 2.52. The van der Waals surface area contributed by atoms with Gasteiger partial charge in [-0.05, 0) is 24.3 Å². The smallest absolute Gasteiger partial charge is 0.340 e. The fraction of sp³-hybridized carbons (Fsp3) is 0.125. The topological polar surface area (TPSA) is 79.3 Å². The van der Waals surface area contributed by atoms with E-state index in [9.17, 15) is 10.1 Å². The number of nitrogens with two attached hydrogens (primary N) is 1. The summed E-state index contributed by atoms with van der Waals surface area (Å²) in [6.45, 7) is 0. The van der Waals surface area contributed by atoms with Crippen molar-refractivity contribution >= 4 is 23.0 Å². The lowest BCUT2D eigenvalue weighted by Crippen LogP contribution is -2.15. The fourth-order valence-electron chi connectivity index (χ4n) is 2.12. The largest absolute Gasteiger partial charge is 0.465 e. The van der Waals surface area contributed by atoms with E-state index in [0.29, 0.717) is 28.2 Å². The first-order valence-electron chi connectivity index (χ1n) is 6.29. The summed E-state index contributed by atoms with van der Waals surface area (Å²) < 4.78 is 4.71. The molecule has 0 saturated heterocycles. The number of carbonyl (C=O) groups is 1. The number of carbonyl (C=O) groups excluding carboxylic acids is 1. The molecule has 0 amide bonds. The van der Waals surface area contributed by atoms with E-state index in [0.717, 1.165) is 0 Å². The van der Waals surface area contributed by atoms with E-state index < -0.39 is 5.97 Å². The molecule has 0 aliphatic heterocycles. The van der Waals surface area contributed by atoms with Gasteiger partial charge in [0.1, 0.15) is 6.07 Å². The normalized spacial score (nSPS) is 9.76. The third kappa shape index (κ3) is 2.65. The van der Waals surface area contributed by atoms with Gasteiger partial charge in [0.2, 0.25) is 0 Å². The zero-order valence-electron chi connectivity index (χ0n) is 11.8. The highest BCUT2D eigenvalue weighted by Gasteiger charge is 2.17. The van der Waals surface area contributed by atoms with Gasteiger partial charge in [-0.2, -0.15) is 5.26 Å². The van der Waals surface area contributed by atoms with Gasteiger partial charge in [0.25, 0.3) is 0 Å². The lowest BCUT2D eigenvalue weighted by molar-refractivity contribution is 0.0602. The molecule has 0 saturated carbocycles. The van der Waals surface area contributed by atoms with Crippen molar-refractivity contribution < 1.29 is 9.53 Å². The number of esters is 1. The first kappa shape index (κ1) is 14.4. The van der Waals surface area contributed by atoms with Gasteiger partial charge in [-0.15, -0.1) is 0 Å². The highest BCUT2D eigenvalue weighted by atomic mass is 16.5. The quantitative estimate of drug-likeness (QED) is 0.691. The van der Waals surface area contributed by atoms with Crippen molar-refractivity contribution in [3.05, 3.63) is 53.6 Å². The van der Waals surface area contributed by atoms with Crippen LogP contribution >= 0.6 is 0 Å². The lowest BCUT2D eigenvalue weighted by atomic mass is 10.1. The Morgan fingerprint density at radius 1 is 1.19 bits per heavy atom. The number of methoxy groups -OCH3 is 1. The Hall–Kier alpha value is -3.00. The summed E-state index contributed by atoms with van der Waals surface area (Å²) in [4.78, 5) is 13.5. The van der Waals surface area contributed by atoms with Gasteiger partial charge in [0, 0.05) is 7.05 Å². The molecule has 5 heteroatoms. The molecule has 2 aromatic carbocycles. The van der Waals surface area contributed by atoms with Gasteiger partial charge in [0.05, 0.1) is 35.3 Å². The number of para-hydroxylation sites is 2. The van der Waals surface area contributed by atoms with Crippen molar-refractivity contribution in [3.63, 3.8) is 0 Å². The van der Waals surface area contributed by atoms with E-state index >= 15 is 0 Å². The van der Waals surface area contributed by atoms with E-state index in [1.165, 1.54) is 7.11 Å². The minimum Gasteiger partial charge on any atom is -0.465 e. The molecule has 2 rings (SSSR count). The average Bonchev–Trinajstić information content (AvgIpc) is 2.53. The molecule has 0 aliphatic carbocycles. The molecule has 2 N–H and O–H groups in total. The van der Waals surface area contributed by atoms with Crippen LogP contribution in [-0.4, -0.2) is 20.1 Å². The molecule has 0 bridgehead atoms. The van der Waals surface area contributed by atoms with Crippen LogP contribution in [0.3, 0.4) is 0 Å². The van der Waals surface area contributed by atoms with Crippen molar-refractivity contribution in [2.75, 3.05) is 24.8 Å². The molecule has 0 fully saturated rings. The number of nitriles is 1. The number of hydrogen-bond acceptors (Lipinski definition) is 5. The van der Waals surface area contributed by atoms with Crippen molar-refractivity contribution in [2.24, 2.45) is 0 Å². The zero-order valence-corrected chi connectivity index (χ0v) is 11.8. The Kier molecular flexibility index (Phi) is 4.10. The van der Waals surface area contributed by atoms with Crippen LogP contribution in [0.15, 0.2) is 42.5 Å². The summed E-state index contributed by atoms with van der Waals surface area (Å²) >= 11 is 0. The third-order valence-electron chi connectivity index (χ3n) is 3.24. The van der Waals surface area contributed by atoms with Crippen molar-refractivity contribution in [1.82, 2.24) is 0 Å². The van der Waals surface area contributed by atoms with Crippen LogP contribution in [0.2, 0.25) is 0 Å². The van der Waals surface area contributed by atoms with Crippen molar-refractivity contribution in [1.29, 1.82) is 5.26 Å². The maximum Gasteiger partial charge on any atom is 0.340 e. The Morgan fingerprint density at radius 2 is 1.86 bits per heavy atom. The number of nitrogens with zero attached hydrogens (tertiary/aromatic N) is 2. The second-order valence-corrected chi connectivity index (χ2v) is 4.42. The van der Waals surface area contributed by atoms with Crippen molar-refractivity contribution in [3.8, 4) is 6.07 Å². The van der Waals surface area contributed by atoms with E-state index in [1.807, 2.05) is 12.1 Å². The minimum atomic E-state index is -0.490. The average molecular weight is 281 g/mol. The van der Waals surface area contributed by atoms with Gasteiger partial charge >= 0.3 is 5.97 Å². The summed E-state index contributed by atoms with van der Waals surface area (Å²) in [6.07, 6.45) is 0. The van der Waals surface area contributed by atoms with E-state index in [4.69, 9.17) is 10.5 Å². The highest BCUT2D eigenvalue weighted by molar-refractivity contribution is 5.99. The van der Waals surface area contributed by atoms with Gasteiger partial charge in [0.15, 0.2) is 0 Å². The summed E-state index contributed by atoms with van der Waals surface area (Å²) in [5, 5.41) is 9.18. The summed E-state index contributed by atoms with van der Waals surface area (Å²) in [5.74, 6) is -0.490. The summed E-state index contributed by atoms with van der Waals surface area (Å²) in [7, 11) is 3.10. The van der Waals surface area contributed by atoms with Gasteiger partial charge in [-0.1, -0.05) is 18.2 Å². The van der Waals surface area contributed by atoms with Crippen LogP contribution in [0, 0.1) is 11.3 Å². The lowest BCUT2D eigenvalue weighted by Gasteiger charge is -2.23. The van der Waals surface area contributed by atoms with E-state index in [-0.39, 0.29) is 0 Å². The summed E-state index contributed by atoms with van der Waals surface area (Å²) in [6, 6.07) is 14.4. The molecule has 0 aliphatic rings. The van der Waals surface area contributed by atoms with E-state index in [1.54, 1.807) is 42.3 Å². The number of hydrogen-bond donors (Lipinski definition) is 1.